The SMILES string of the molecule is Cc1ccc2c(c1)C(CC(=O)O)CN2S(C)(=O)=O. The number of hydrogen-bond acceptors (Lipinski definition) is 3. The molecule has 1 unspecified atom stereocenters. The Kier molecular flexibility index (Phi) is 3.06. The summed E-state index contributed by atoms with van der Waals surface area (Å²) in [5.41, 5.74) is 2.41. The molecule has 1 aromatic carbocycles. The van der Waals surface area contributed by atoms with E-state index in [2.05, 4.69) is 0 Å². The Balaban J connectivity index is 2.48. The molecule has 0 amide bonds. The number of sulfonamides is 1. The van der Waals surface area contributed by atoms with Crippen molar-refractivity contribution in [3.8, 4) is 0 Å². The number of anilines is 1. The summed E-state index contributed by atoms with van der Waals surface area (Å²) < 4.78 is 24.7. The minimum absolute atomic E-state index is 0.0531. The Morgan fingerprint density at radius 1 is 1.50 bits per heavy atom. The lowest BCUT2D eigenvalue weighted by Gasteiger charge is -2.16. The highest BCUT2D eigenvalue weighted by Crippen LogP contribution is 2.39. The predicted molar refractivity (Wildman–Crippen MR) is 68.4 cm³/mol. The van der Waals surface area contributed by atoms with Gasteiger partial charge in [0.1, 0.15) is 0 Å². The van der Waals surface area contributed by atoms with Crippen LogP contribution in [0.4, 0.5) is 5.69 Å². The molecule has 2 rings (SSSR count). The molecule has 0 fully saturated rings. The highest BCUT2D eigenvalue weighted by atomic mass is 32.2. The van der Waals surface area contributed by atoms with Crippen LogP contribution in [-0.4, -0.2) is 32.3 Å². The third kappa shape index (κ3) is 2.33. The monoisotopic (exact) mass is 269 g/mol. The minimum Gasteiger partial charge on any atom is -0.481 e. The molecule has 0 radical (unpaired) electrons. The average Bonchev–Trinajstić information content (AvgIpc) is 2.55. The first kappa shape index (κ1) is 12.9. The molecule has 1 aromatic rings. The zero-order valence-electron chi connectivity index (χ0n) is 10.3. The second-order valence-electron chi connectivity index (χ2n) is 4.65. The Labute approximate surface area is 106 Å². The van der Waals surface area contributed by atoms with Crippen molar-refractivity contribution in [1.29, 1.82) is 0 Å². The topological polar surface area (TPSA) is 74.7 Å². The summed E-state index contributed by atoms with van der Waals surface area (Å²) in [6.07, 6.45) is 1.09. The number of aryl methyl sites for hydroxylation is 1. The fraction of sp³-hybridized carbons (Fsp3) is 0.417. The largest absolute Gasteiger partial charge is 0.481 e. The van der Waals surface area contributed by atoms with Crippen LogP contribution in [0.5, 0.6) is 0 Å². The van der Waals surface area contributed by atoms with Gasteiger partial charge >= 0.3 is 5.97 Å². The normalized spacial score (nSPS) is 18.8. The number of hydrogen-bond donors (Lipinski definition) is 1. The molecular weight excluding hydrogens is 254 g/mol. The van der Waals surface area contributed by atoms with Crippen molar-refractivity contribution in [2.75, 3.05) is 17.1 Å². The summed E-state index contributed by atoms with van der Waals surface area (Å²) >= 11 is 0. The summed E-state index contributed by atoms with van der Waals surface area (Å²) in [6, 6.07) is 5.45. The first-order chi connectivity index (χ1) is 8.29. The number of carbonyl (C=O) groups is 1. The third-order valence-electron chi connectivity index (χ3n) is 3.10. The molecule has 98 valence electrons. The lowest BCUT2D eigenvalue weighted by atomic mass is 9.96. The Bertz CT molecular complexity index is 594. The number of rotatable bonds is 3. The first-order valence-corrected chi connectivity index (χ1v) is 7.44. The minimum atomic E-state index is -3.36. The van der Waals surface area contributed by atoms with Crippen LogP contribution >= 0.6 is 0 Å². The highest BCUT2D eigenvalue weighted by molar-refractivity contribution is 7.92. The molecule has 1 aliphatic heterocycles. The number of benzene rings is 1. The molecule has 6 heteroatoms. The molecule has 0 aliphatic carbocycles. The third-order valence-corrected chi connectivity index (χ3v) is 4.25. The number of carboxylic acid groups (broad SMARTS) is 1. The Morgan fingerprint density at radius 3 is 2.72 bits per heavy atom. The van der Waals surface area contributed by atoms with Crippen molar-refractivity contribution >= 4 is 21.7 Å². The molecule has 1 aliphatic rings. The van der Waals surface area contributed by atoms with E-state index in [0.717, 1.165) is 17.4 Å². The fourth-order valence-electron chi connectivity index (χ4n) is 2.32. The number of fused-ring (bicyclic) bond motifs is 1. The van der Waals surface area contributed by atoms with E-state index in [-0.39, 0.29) is 18.9 Å². The fourth-order valence-corrected chi connectivity index (χ4v) is 3.30. The molecule has 1 N–H and O–H groups in total. The highest BCUT2D eigenvalue weighted by Gasteiger charge is 2.34. The Morgan fingerprint density at radius 2 is 2.17 bits per heavy atom. The van der Waals surface area contributed by atoms with Crippen molar-refractivity contribution in [3.05, 3.63) is 29.3 Å². The zero-order chi connectivity index (χ0) is 13.5. The van der Waals surface area contributed by atoms with Crippen LogP contribution in [-0.2, 0) is 14.8 Å². The van der Waals surface area contributed by atoms with Crippen LogP contribution in [0.25, 0.3) is 0 Å². The summed E-state index contributed by atoms with van der Waals surface area (Å²) in [6.45, 7) is 2.12. The number of carboxylic acids is 1. The van der Waals surface area contributed by atoms with Gasteiger partial charge in [0.15, 0.2) is 0 Å². The maximum absolute atomic E-state index is 11.7. The maximum Gasteiger partial charge on any atom is 0.304 e. The van der Waals surface area contributed by atoms with Crippen LogP contribution in [0.15, 0.2) is 18.2 Å². The van der Waals surface area contributed by atoms with Gasteiger partial charge in [0, 0.05) is 12.5 Å². The van der Waals surface area contributed by atoms with Crippen LogP contribution in [0.2, 0.25) is 0 Å². The standard InChI is InChI=1S/C12H15NO4S/c1-8-3-4-11-10(5-8)9(6-12(14)15)7-13(11)18(2,16)17/h3-5,9H,6-7H2,1-2H3,(H,14,15). The predicted octanol–water partition coefficient (Wildman–Crippen LogP) is 1.33. The summed E-state index contributed by atoms with van der Waals surface area (Å²) in [5, 5.41) is 8.89. The van der Waals surface area contributed by atoms with Crippen molar-refractivity contribution in [1.82, 2.24) is 0 Å². The summed E-state index contributed by atoms with van der Waals surface area (Å²) in [7, 11) is -3.36. The lowest BCUT2D eigenvalue weighted by molar-refractivity contribution is -0.137. The second kappa shape index (κ2) is 4.28. The van der Waals surface area contributed by atoms with E-state index >= 15 is 0 Å². The van der Waals surface area contributed by atoms with Crippen molar-refractivity contribution in [2.24, 2.45) is 0 Å². The van der Waals surface area contributed by atoms with Crippen LogP contribution in [0.3, 0.4) is 0 Å². The van der Waals surface area contributed by atoms with Gasteiger partial charge < -0.3 is 5.11 Å². The van der Waals surface area contributed by atoms with E-state index in [4.69, 9.17) is 5.11 Å². The molecule has 0 aromatic heterocycles. The first-order valence-electron chi connectivity index (χ1n) is 5.59. The average molecular weight is 269 g/mol. The van der Waals surface area contributed by atoms with Gasteiger partial charge in [-0.05, 0) is 18.6 Å². The molecule has 0 saturated carbocycles. The summed E-state index contributed by atoms with van der Waals surface area (Å²) in [5.74, 6) is -1.19. The van der Waals surface area contributed by atoms with Crippen molar-refractivity contribution in [2.45, 2.75) is 19.3 Å². The molecular formula is C12H15NO4S. The van der Waals surface area contributed by atoms with Crippen LogP contribution in [0, 0.1) is 6.92 Å². The Hall–Kier alpha value is -1.56. The quantitative estimate of drug-likeness (QED) is 0.898. The van der Waals surface area contributed by atoms with Gasteiger partial charge in [-0.15, -0.1) is 0 Å². The van der Waals surface area contributed by atoms with Crippen molar-refractivity contribution in [3.63, 3.8) is 0 Å². The lowest BCUT2D eigenvalue weighted by Crippen LogP contribution is -2.29. The maximum atomic E-state index is 11.7. The van der Waals surface area contributed by atoms with E-state index in [1.165, 1.54) is 4.31 Å². The molecule has 0 saturated heterocycles. The van der Waals surface area contributed by atoms with E-state index in [1.807, 2.05) is 19.1 Å². The van der Waals surface area contributed by atoms with Gasteiger partial charge in [-0.1, -0.05) is 17.7 Å². The van der Waals surface area contributed by atoms with Crippen LogP contribution < -0.4 is 4.31 Å². The van der Waals surface area contributed by atoms with Gasteiger partial charge in [0.2, 0.25) is 10.0 Å². The molecule has 1 heterocycles. The number of nitrogens with zero attached hydrogens (tertiary/aromatic N) is 1. The molecule has 0 spiro atoms. The molecule has 0 bridgehead atoms. The van der Waals surface area contributed by atoms with Gasteiger partial charge in [-0.3, -0.25) is 9.10 Å². The van der Waals surface area contributed by atoms with E-state index in [1.54, 1.807) is 6.07 Å². The van der Waals surface area contributed by atoms with Gasteiger partial charge in [-0.25, -0.2) is 8.42 Å². The molecule has 5 nitrogen and oxygen atoms in total. The summed E-state index contributed by atoms with van der Waals surface area (Å²) in [4.78, 5) is 10.8. The van der Waals surface area contributed by atoms with E-state index < -0.39 is 16.0 Å². The van der Waals surface area contributed by atoms with Gasteiger partial charge in [-0.2, -0.15) is 0 Å². The van der Waals surface area contributed by atoms with E-state index in [0.29, 0.717) is 5.69 Å². The van der Waals surface area contributed by atoms with E-state index in [9.17, 15) is 13.2 Å². The molecule has 18 heavy (non-hydrogen) atoms. The van der Waals surface area contributed by atoms with Gasteiger partial charge in [0.25, 0.3) is 0 Å². The van der Waals surface area contributed by atoms with Crippen molar-refractivity contribution < 1.29 is 18.3 Å². The molecule has 1 atom stereocenters. The second-order valence-corrected chi connectivity index (χ2v) is 6.56. The van der Waals surface area contributed by atoms with Crippen LogP contribution in [0.1, 0.15) is 23.5 Å². The number of aliphatic carboxylic acids is 1. The zero-order valence-corrected chi connectivity index (χ0v) is 11.1. The smallest absolute Gasteiger partial charge is 0.304 e. The van der Waals surface area contributed by atoms with Gasteiger partial charge in [0.05, 0.1) is 18.4 Å².